The van der Waals surface area contributed by atoms with Crippen LogP contribution in [-0.2, 0) is 11.4 Å². The van der Waals surface area contributed by atoms with Gasteiger partial charge in [0.2, 0.25) is 0 Å². The lowest BCUT2D eigenvalue weighted by atomic mass is 10.2. The molecule has 0 saturated carbocycles. The number of hydrogen-bond acceptors (Lipinski definition) is 4. The van der Waals surface area contributed by atoms with E-state index in [-0.39, 0.29) is 4.75 Å². The smallest absolute Gasteiger partial charge is 0.176 e. The minimum atomic E-state index is -1.30. The Morgan fingerprint density at radius 1 is 1.35 bits per heavy atom. The van der Waals surface area contributed by atoms with Crippen molar-refractivity contribution in [2.75, 3.05) is 7.11 Å². The molecule has 0 amide bonds. The number of nitrogens with zero attached hydrogens (tertiary/aromatic N) is 1. The molecule has 2 rings (SSSR count). The summed E-state index contributed by atoms with van der Waals surface area (Å²) in [7, 11) is 1.60. The molecule has 1 heterocycles. The number of para-hydroxylation sites is 1. The van der Waals surface area contributed by atoms with Gasteiger partial charge in [0.15, 0.2) is 17.1 Å². The summed E-state index contributed by atoms with van der Waals surface area (Å²) in [5, 5.41) is 0.940. The second-order valence-electron chi connectivity index (χ2n) is 5.53. The van der Waals surface area contributed by atoms with Crippen LogP contribution in [0.3, 0.4) is 0 Å². The van der Waals surface area contributed by atoms with Gasteiger partial charge in [-0.25, -0.2) is 0 Å². The van der Waals surface area contributed by atoms with Gasteiger partial charge in [0.05, 0.1) is 7.11 Å². The first kappa shape index (κ1) is 14.9. The van der Waals surface area contributed by atoms with Gasteiger partial charge in [0.1, 0.15) is 21.8 Å². The molecule has 0 aliphatic carbocycles. The minimum absolute atomic E-state index is 0.384. The summed E-state index contributed by atoms with van der Waals surface area (Å²) in [5.41, 5.74) is 1.30. The summed E-state index contributed by atoms with van der Waals surface area (Å²) >= 11 is -1.30. The van der Waals surface area contributed by atoms with Crippen LogP contribution in [0.15, 0.2) is 33.1 Å². The zero-order valence-corrected chi connectivity index (χ0v) is 13.2. The largest absolute Gasteiger partial charge is 0.591 e. The fourth-order valence-electron chi connectivity index (χ4n) is 1.68. The average Bonchev–Trinajstić information content (AvgIpc) is 2.81. The molecule has 20 heavy (non-hydrogen) atoms. The number of methoxy groups -OCH3 is 1. The molecule has 4 nitrogen and oxygen atoms in total. The Balaban J connectivity index is 2.41. The number of fused-ring (bicyclic) bond motifs is 1. The van der Waals surface area contributed by atoms with Crippen molar-refractivity contribution < 1.29 is 13.7 Å². The molecule has 0 aliphatic rings. The summed E-state index contributed by atoms with van der Waals surface area (Å²) in [4.78, 5) is 0. The molecule has 0 bridgehead atoms. The zero-order valence-electron chi connectivity index (χ0n) is 12.4. The molecular formula is C15H19NO3S. The maximum Gasteiger partial charge on any atom is 0.176 e. The highest BCUT2D eigenvalue weighted by molar-refractivity contribution is 7.91. The van der Waals surface area contributed by atoms with Gasteiger partial charge in [0, 0.05) is 5.39 Å². The normalized spacial score (nSPS) is 14.6. The number of ether oxygens (including phenoxy) is 1. The van der Waals surface area contributed by atoms with Crippen LogP contribution in [0.2, 0.25) is 0 Å². The van der Waals surface area contributed by atoms with Crippen LogP contribution in [0.25, 0.3) is 11.0 Å². The van der Waals surface area contributed by atoms with E-state index in [4.69, 9.17) is 9.15 Å². The molecule has 2 aromatic rings. The van der Waals surface area contributed by atoms with Gasteiger partial charge in [-0.15, -0.1) is 0 Å². The molecule has 0 aliphatic heterocycles. The lowest BCUT2D eigenvalue weighted by Crippen LogP contribution is -2.26. The average molecular weight is 293 g/mol. The SMILES string of the molecule is COc1cccc2cc(/C(C)=N/[S@+]([O-])C(C)(C)C)oc12. The van der Waals surface area contributed by atoms with Crippen molar-refractivity contribution in [3.63, 3.8) is 0 Å². The Morgan fingerprint density at radius 3 is 2.65 bits per heavy atom. The second-order valence-corrected chi connectivity index (χ2v) is 7.43. The first-order valence-electron chi connectivity index (χ1n) is 6.37. The maximum absolute atomic E-state index is 12.0. The minimum Gasteiger partial charge on any atom is -0.591 e. The topological polar surface area (TPSA) is 57.8 Å². The highest BCUT2D eigenvalue weighted by atomic mass is 32.2. The summed E-state index contributed by atoms with van der Waals surface area (Å²) in [6.45, 7) is 7.47. The molecule has 0 fully saturated rings. The molecular weight excluding hydrogens is 274 g/mol. The first-order chi connectivity index (χ1) is 9.32. The van der Waals surface area contributed by atoms with Crippen LogP contribution in [0.1, 0.15) is 33.5 Å². The fourth-order valence-corrected chi connectivity index (χ4v) is 2.29. The molecule has 0 N–H and O–H groups in total. The van der Waals surface area contributed by atoms with Crippen molar-refractivity contribution in [1.29, 1.82) is 0 Å². The zero-order chi connectivity index (χ0) is 14.9. The summed E-state index contributed by atoms with van der Waals surface area (Å²) in [5.74, 6) is 1.29. The molecule has 0 unspecified atom stereocenters. The van der Waals surface area contributed by atoms with Gasteiger partial charge in [-0.3, -0.25) is 0 Å². The lowest BCUT2D eigenvalue weighted by molar-refractivity contribution is 0.410. The number of rotatable bonds is 3. The van der Waals surface area contributed by atoms with Gasteiger partial charge in [0.25, 0.3) is 0 Å². The summed E-state index contributed by atoms with van der Waals surface area (Å²) < 4.78 is 26.9. The Kier molecular flexibility index (Phi) is 4.11. The van der Waals surface area contributed by atoms with E-state index in [2.05, 4.69) is 4.40 Å². The van der Waals surface area contributed by atoms with Crippen LogP contribution in [0, 0.1) is 0 Å². The van der Waals surface area contributed by atoms with Gasteiger partial charge in [-0.1, -0.05) is 16.5 Å². The van der Waals surface area contributed by atoms with Crippen molar-refractivity contribution in [2.45, 2.75) is 32.4 Å². The number of benzene rings is 1. The first-order valence-corrected chi connectivity index (χ1v) is 7.48. The number of furan rings is 1. The second kappa shape index (κ2) is 5.50. The number of hydrogen-bond donors (Lipinski definition) is 0. The highest BCUT2D eigenvalue weighted by Crippen LogP contribution is 2.29. The van der Waals surface area contributed by atoms with Crippen molar-refractivity contribution in [2.24, 2.45) is 4.40 Å². The van der Waals surface area contributed by atoms with Gasteiger partial charge < -0.3 is 13.7 Å². The molecule has 0 radical (unpaired) electrons. The monoisotopic (exact) mass is 293 g/mol. The van der Waals surface area contributed by atoms with Crippen LogP contribution >= 0.6 is 0 Å². The fraction of sp³-hybridized carbons (Fsp3) is 0.400. The quantitative estimate of drug-likeness (QED) is 0.640. The Bertz CT molecular complexity index is 640. The van der Waals surface area contributed by atoms with E-state index in [9.17, 15) is 4.55 Å². The molecule has 108 valence electrons. The van der Waals surface area contributed by atoms with E-state index in [0.717, 1.165) is 5.39 Å². The van der Waals surface area contributed by atoms with Crippen LogP contribution in [-0.4, -0.2) is 22.1 Å². The molecule has 0 spiro atoms. The third kappa shape index (κ3) is 2.99. The molecule has 5 heteroatoms. The van der Waals surface area contributed by atoms with Crippen LogP contribution in [0.4, 0.5) is 0 Å². The standard InChI is InChI=1S/C15H19NO3S/c1-10(16-20(17)15(2,3)4)13-9-11-7-6-8-12(18-5)14(11)19-13/h6-9H,1-5H3/b16-10+/t20-/m1/s1. The molecule has 1 aromatic carbocycles. The van der Waals surface area contributed by atoms with Crippen molar-refractivity contribution in [1.82, 2.24) is 0 Å². The Labute approximate surface area is 122 Å². The summed E-state index contributed by atoms with van der Waals surface area (Å²) in [6, 6.07) is 7.57. The van der Waals surface area contributed by atoms with E-state index >= 15 is 0 Å². The predicted octanol–water partition coefficient (Wildman–Crippen LogP) is 3.71. The van der Waals surface area contributed by atoms with Crippen LogP contribution < -0.4 is 4.74 Å². The van der Waals surface area contributed by atoms with Crippen molar-refractivity contribution >= 4 is 28.0 Å². The van der Waals surface area contributed by atoms with Gasteiger partial charge >= 0.3 is 0 Å². The van der Waals surface area contributed by atoms with Gasteiger partial charge in [-0.2, -0.15) is 0 Å². The maximum atomic E-state index is 12.0. The van der Waals surface area contributed by atoms with Crippen molar-refractivity contribution in [3.05, 3.63) is 30.0 Å². The third-order valence-electron chi connectivity index (χ3n) is 2.83. The van der Waals surface area contributed by atoms with Crippen molar-refractivity contribution in [3.8, 4) is 5.75 Å². The Hall–Kier alpha value is -1.46. The summed E-state index contributed by atoms with van der Waals surface area (Å²) in [6.07, 6.45) is 0. The van der Waals surface area contributed by atoms with Gasteiger partial charge in [-0.05, 0) is 39.8 Å². The van der Waals surface area contributed by atoms with E-state index in [0.29, 0.717) is 22.8 Å². The van der Waals surface area contributed by atoms with E-state index in [1.807, 2.05) is 45.0 Å². The van der Waals surface area contributed by atoms with E-state index < -0.39 is 11.4 Å². The van der Waals surface area contributed by atoms with E-state index in [1.54, 1.807) is 14.0 Å². The Morgan fingerprint density at radius 2 is 2.05 bits per heavy atom. The highest BCUT2D eigenvalue weighted by Gasteiger charge is 2.27. The molecule has 0 saturated heterocycles. The molecule has 1 aromatic heterocycles. The van der Waals surface area contributed by atoms with Crippen LogP contribution in [0.5, 0.6) is 5.75 Å². The van der Waals surface area contributed by atoms with E-state index in [1.165, 1.54) is 0 Å². The molecule has 1 atom stereocenters. The lowest BCUT2D eigenvalue weighted by Gasteiger charge is -2.18. The predicted molar refractivity (Wildman–Crippen MR) is 82.9 cm³/mol. The third-order valence-corrected chi connectivity index (χ3v) is 4.32.